The summed E-state index contributed by atoms with van der Waals surface area (Å²) < 4.78 is 33.4. The Morgan fingerprint density at radius 1 is 1.04 bits per heavy atom. The fourth-order valence-electron chi connectivity index (χ4n) is 2.26. The molecular weight excluding hydrogens is 415 g/mol. The van der Waals surface area contributed by atoms with E-state index in [1.165, 1.54) is 29.2 Å². The Bertz CT molecular complexity index is 831. The van der Waals surface area contributed by atoms with Crippen molar-refractivity contribution < 1.29 is 27.8 Å². The van der Waals surface area contributed by atoms with Gasteiger partial charge in [0, 0.05) is 13.6 Å². The van der Waals surface area contributed by atoms with Crippen molar-refractivity contribution in [1.29, 1.82) is 0 Å². The molecule has 0 spiro atoms. The van der Waals surface area contributed by atoms with Crippen LogP contribution in [0.3, 0.4) is 0 Å². The van der Waals surface area contributed by atoms with Crippen LogP contribution in [0.2, 0.25) is 10.0 Å². The van der Waals surface area contributed by atoms with Crippen LogP contribution in [0, 0.1) is 0 Å². The van der Waals surface area contributed by atoms with Gasteiger partial charge in [0.25, 0.3) is 5.91 Å². The Labute approximate surface area is 170 Å². The van der Waals surface area contributed by atoms with Crippen molar-refractivity contribution in [3.05, 3.63) is 63.6 Å². The van der Waals surface area contributed by atoms with Gasteiger partial charge in [-0.25, -0.2) is 0 Å². The number of hydrogen-bond acceptors (Lipinski definition) is 4. The van der Waals surface area contributed by atoms with E-state index >= 15 is 0 Å². The van der Waals surface area contributed by atoms with Gasteiger partial charge in [0.05, 0.1) is 16.5 Å². The summed E-state index contributed by atoms with van der Waals surface area (Å²) in [6, 6.07) is 10.6. The molecule has 0 aromatic heterocycles. The average Bonchev–Trinajstić information content (AvgIpc) is 2.64. The minimum atomic E-state index is -2.91. The largest absolute Gasteiger partial charge is 0.455 e. The van der Waals surface area contributed by atoms with Crippen LogP contribution in [0.4, 0.5) is 8.78 Å². The van der Waals surface area contributed by atoms with Crippen molar-refractivity contribution in [3.63, 3.8) is 0 Å². The number of alkyl halides is 2. The number of hydrogen-bond donors (Lipinski definition) is 0. The predicted octanol–water partition coefficient (Wildman–Crippen LogP) is 4.34. The minimum Gasteiger partial charge on any atom is -0.455 e. The molecule has 2 aromatic rings. The molecule has 5 nitrogen and oxygen atoms in total. The number of halogens is 4. The van der Waals surface area contributed by atoms with Gasteiger partial charge in [-0.3, -0.25) is 9.59 Å². The number of carbonyl (C=O) groups excluding carboxylic acids is 2. The lowest BCUT2D eigenvalue weighted by Gasteiger charge is -2.17. The number of rotatable bonds is 8. The molecule has 0 N–H and O–H groups in total. The normalized spacial score (nSPS) is 10.6. The molecule has 0 unspecified atom stereocenters. The molecule has 0 aliphatic carbocycles. The van der Waals surface area contributed by atoms with Crippen LogP contribution in [0.5, 0.6) is 5.75 Å². The van der Waals surface area contributed by atoms with E-state index in [-0.39, 0.29) is 24.6 Å². The molecule has 1 amide bonds. The van der Waals surface area contributed by atoms with Crippen molar-refractivity contribution in [2.75, 3.05) is 13.7 Å². The highest BCUT2D eigenvalue weighted by Crippen LogP contribution is 2.23. The topological polar surface area (TPSA) is 55.8 Å². The molecular formula is C19H17Cl2F2NO4. The molecule has 0 bridgehead atoms. The van der Waals surface area contributed by atoms with E-state index in [9.17, 15) is 18.4 Å². The SMILES string of the molecule is CN(Cc1ccc(Cl)c(Cl)c1)C(=O)COC(=O)Cc1ccc(OC(F)F)cc1. The molecule has 28 heavy (non-hydrogen) atoms. The van der Waals surface area contributed by atoms with Crippen LogP contribution >= 0.6 is 23.2 Å². The van der Waals surface area contributed by atoms with Crippen LogP contribution in [-0.4, -0.2) is 37.0 Å². The first kappa shape index (κ1) is 21.9. The third-order valence-electron chi connectivity index (χ3n) is 3.68. The van der Waals surface area contributed by atoms with Crippen molar-refractivity contribution >= 4 is 35.1 Å². The van der Waals surface area contributed by atoms with Crippen LogP contribution in [-0.2, 0) is 27.3 Å². The molecule has 9 heteroatoms. The molecule has 2 aromatic carbocycles. The second kappa shape index (κ2) is 10.2. The maximum atomic E-state index is 12.1. The van der Waals surface area contributed by atoms with Gasteiger partial charge in [-0.05, 0) is 35.4 Å². The number of esters is 1. The zero-order valence-corrected chi connectivity index (χ0v) is 16.3. The number of nitrogens with zero attached hydrogens (tertiary/aromatic N) is 1. The molecule has 0 aliphatic rings. The summed E-state index contributed by atoms with van der Waals surface area (Å²) >= 11 is 11.8. The smallest absolute Gasteiger partial charge is 0.387 e. The quantitative estimate of drug-likeness (QED) is 0.583. The molecule has 0 saturated heterocycles. The van der Waals surface area contributed by atoms with E-state index in [0.717, 1.165) is 5.56 Å². The zero-order valence-electron chi connectivity index (χ0n) is 14.8. The van der Waals surface area contributed by atoms with Gasteiger partial charge in [0.1, 0.15) is 5.75 Å². The van der Waals surface area contributed by atoms with Gasteiger partial charge in [0.15, 0.2) is 6.61 Å². The summed E-state index contributed by atoms with van der Waals surface area (Å²) in [4.78, 5) is 25.4. The highest BCUT2D eigenvalue weighted by atomic mass is 35.5. The van der Waals surface area contributed by atoms with Gasteiger partial charge in [-0.2, -0.15) is 8.78 Å². The van der Waals surface area contributed by atoms with E-state index in [4.69, 9.17) is 27.9 Å². The van der Waals surface area contributed by atoms with E-state index in [1.54, 1.807) is 25.2 Å². The molecule has 0 aliphatic heterocycles. The second-order valence-corrected chi connectivity index (χ2v) is 6.67. The molecule has 0 fully saturated rings. The van der Waals surface area contributed by atoms with Crippen LogP contribution in [0.25, 0.3) is 0 Å². The number of carbonyl (C=O) groups is 2. The summed E-state index contributed by atoms with van der Waals surface area (Å²) in [6.45, 7) is -3.05. The Hall–Kier alpha value is -2.38. The summed E-state index contributed by atoms with van der Waals surface area (Å²) in [6.07, 6.45) is -0.0985. The lowest BCUT2D eigenvalue weighted by Crippen LogP contribution is -2.31. The maximum Gasteiger partial charge on any atom is 0.387 e. The molecule has 150 valence electrons. The number of amides is 1. The first-order valence-corrected chi connectivity index (χ1v) is 8.87. The van der Waals surface area contributed by atoms with Crippen molar-refractivity contribution in [1.82, 2.24) is 4.90 Å². The van der Waals surface area contributed by atoms with Crippen LogP contribution in [0.15, 0.2) is 42.5 Å². The van der Waals surface area contributed by atoms with E-state index in [0.29, 0.717) is 15.6 Å². The summed E-state index contributed by atoms with van der Waals surface area (Å²) in [5.41, 5.74) is 1.32. The molecule has 0 atom stereocenters. The second-order valence-electron chi connectivity index (χ2n) is 5.86. The highest BCUT2D eigenvalue weighted by Gasteiger charge is 2.14. The monoisotopic (exact) mass is 431 g/mol. The summed E-state index contributed by atoms with van der Waals surface area (Å²) in [5, 5.41) is 0.804. The van der Waals surface area contributed by atoms with Gasteiger partial charge in [-0.1, -0.05) is 41.4 Å². The Balaban J connectivity index is 1.79. The van der Waals surface area contributed by atoms with Crippen molar-refractivity contribution in [2.24, 2.45) is 0 Å². The number of likely N-dealkylation sites (N-methyl/N-ethyl adjacent to an activating group) is 1. The van der Waals surface area contributed by atoms with Gasteiger partial charge >= 0.3 is 12.6 Å². The molecule has 0 heterocycles. The lowest BCUT2D eigenvalue weighted by molar-refractivity contribution is -0.151. The Morgan fingerprint density at radius 2 is 1.68 bits per heavy atom. The van der Waals surface area contributed by atoms with E-state index in [2.05, 4.69) is 4.74 Å². The van der Waals surface area contributed by atoms with E-state index < -0.39 is 19.2 Å². The lowest BCUT2D eigenvalue weighted by atomic mass is 10.1. The minimum absolute atomic E-state index is 0.00813. The zero-order chi connectivity index (χ0) is 20.7. The number of ether oxygens (including phenoxy) is 2. The van der Waals surface area contributed by atoms with Gasteiger partial charge in [0.2, 0.25) is 0 Å². The number of benzene rings is 2. The summed E-state index contributed by atoms with van der Waals surface area (Å²) in [7, 11) is 1.57. The highest BCUT2D eigenvalue weighted by molar-refractivity contribution is 6.42. The summed E-state index contributed by atoms with van der Waals surface area (Å²) in [5.74, 6) is -1.01. The third-order valence-corrected chi connectivity index (χ3v) is 4.42. The van der Waals surface area contributed by atoms with Crippen LogP contribution < -0.4 is 4.74 Å². The molecule has 0 radical (unpaired) electrons. The average molecular weight is 432 g/mol. The fourth-order valence-corrected chi connectivity index (χ4v) is 2.58. The maximum absolute atomic E-state index is 12.1. The van der Waals surface area contributed by atoms with Crippen LogP contribution in [0.1, 0.15) is 11.1 Å². The fraction of sp³-hybridized carbons (Fsp3) is 0.263. The molecule has 0 saturated carbocycles. The standard InChI is InChI=1S/C19H17Cl2F2NO4/c1-24(10-13-4-7-15(20)16(21)8-13)17(25)11-27-18(26)9-12-2-5-14(6-3-12)28-19(22)23/h2-8,19H,9-11H2,1H3. The Kier molecular flexibility index (Phi) is 8.02. The third kappa shape index (κ3) is 6.98. The van der Waals surface area contributed by atoms with Crippen molar-refractivity contribution in [3.8, 4) is 5.75 Å². The molecule has 2 rings (SSSR count). The first-order valence-electron chi connectivity index (χ1n) is 8.12. The van der Waals surface area contributed by atoms with Gasteiger partial charge < -0.3 is 14.4 Å². The predicted molar refractivity (Wildman–Crippen MR) is 101 cm³/mol. The first-order chi connectivity index (χ1) is 13.2. The Morgan fingerprint density at radius 3 is 2.29 bits per heavy atom. The van der Waals surface area contributed by atoms with Crippen molar-refractivity contribution in [2.45, 2.75) is 19.6 Å². The van der Waals surface area contributed by atoms with E-state index in [1.807, 2.05) is 0 Å². The van der Waals surface area contributed by atoms with Gasteiger partial charge in [-0.15, -0.1) is 0 Å².